The number of fused-ring (bicyclic) bond motifs is 1. The Morgan fingerprint density at radius 2 is 2.11 bits per heavy atom. The first-order valence-corrected chi connectivity index (χ1v) is 9.77. The molecule has 1 aromatic carbocycles. The molecule has 0 spiro atoms. The van der Waals surface area contributed by atoms with Crippen LogP contribution in [0.4, 0.5) is 10.8 Å². The molecule has 0 saturated carbocycles. The van der Waals surface area contributed by atoms with Crippen LogP contribution in [0.1, 0.15) is 33.8 Å². The van der Waals surface area contributed by atoms with Gasteiger partial charge in [0.15, 0.2) is 5.13 Å². The number of nitro benzene ring substituents is 1. The lowest BCUT2D eigenvalue weighted by Crippen LogP contribution is -2.35. The van der Waals surface area contributed by atoms with Crippen LogP contribution in [0.5, 0.6) is 0 Å². The van der Waals surface area contributed by atoms with E-state index in [1.807, 2.05) is 0 Å². The minimum Gasteiger partial charge on any atom is -0.368 e. The van der Waals surface area contributed by atoms with E-state index in [0.29, 0.717) is 43.2 Å². The highest BCUT2D eigenvalue weighted by Crippen LogP contribution is 2.29. The maximum atomic E-state index is 12.7. The van der Waals surface area contributed by atoms with Crippen LogP contribution in [0.2, 0.25) is 0 Å². The summed E-state index contributed by atoms with van der Waals surface area (Å²) in [7, 11) is 0. The minimum atomic E-state index is -0.495. The van der Waals surface area contributed by atoms with Crippen LogP contribution in [-0.4, -0.2) is 45.9 Å². The Labute approximate surface area is 164 Å². The van der Waals surface area contributed by atoms with Gasteiger partial charge in [0.05, 0.1) is 17.2 Å². The van der Waals surface area contributed by atoms with Gasteiger partial charge in [-0.15, -0.1) is 0 Å². The smallest absolute Gasteiger partial charge is 0.269 e. The van der Waals surface area contributed by atoms with Gasteiger partial charge in [-0.1, -0.05) is 11.3 Å². The summed E-state index contributed by atoms with van der Waals surface area (Å²) in [6.45, 7) is 1.51. The van der Waals surface area contributed by atoms with E-state index in [0.717, 1.165) is 17.0 Å². The van der Waals surface area contributed by atoms with Crippen LogP contribution in [0, 0.1) is 10.1 Å². The van der Waals surface area contributed by atoms with Gasteiger partial charge >= 0.3 is 0 Å². The van der Waals surface area contributed by atoms with Crippen molar-refractivity contribution in [2.75, 3.05) is 18.5 Å². The molecule has 1 aromatic heterocycles. The maximum absolute atomic E-state index is 12.7. The number of benzene rings is 1. The van der Waals surface area contributed by atoms with Crippen LogP contribution < -0.4 is 5.32 Å². The molecule has 4 rings (SSSR count). The van der Waals surface area contributed by atoms with E-state index in [2.05, 4.69) is 10.3 Å². The fourth-order valence-corrected chi connectivity index (χ4v) is 4.33. The van der Waals surface area contributed by atoms with Gasteiger partial charge in [-0.3, -0.25) is 25.0 Å². The van der Waals surface area contributed by atoms with Crippen molar-refractivity contribution >= 4 is 34.0 Å². The number of ether oxygens (including phenoxy) is 1. The predicted octanol–water partition coefficient (Wildman–Crippen LogP) is 2.37. The third-order valence-corrected chi connectivity index (χ3v) is 5.79. The monoisotopic (exact) mass is 402 g/mol. The Hall–Kier alpha value is -2.85. The van der Waals surface area contributed by atoms with Crippen LogP contribution in [0.25, 0.3) is 0 Å². The summed E-state index contributed by atoms with van der Waals surface area (Å²) in [6.07, 6.45) is 1.78. The second-order valence-electron chi connectivity index (χ2n) is 6.66. The number of nitro groups is 1. The molecule has 1 saturated heterocycles. The number of amides is 2. The molecule has 0 bridgehead atoms. The summed E-state index contributed by atoms with van der Waals surface area (Å²) in [5.41, 5.74) is 1.25. The number of rotatable bonds is 4. The quantitative estimate of drug-likeness (QED) is 0.620. The van der Waals surface area contributed by atoms with Crippen molar-refractivity contribution in [3.05, 3.63) is 50.5 Å². The highest BCUT2D eigenvalue weighted by atomic mass is 32.1. The normalized spacial score (nSPS) is 18.6. The number of carbonyl (C=O) groups excluding carboxylic acids is 2. The number of anilines is 1. The number of nitrogens with zero attached hydrogens (tertiary/aromatic N) is 3. The maximum Gasteiger partial charge on any atom is 0.269 e. The molecule has 2 aromatic rings. The van der Waals surface area contributed by atoms with Gasteiger partial charge in [-0.2, -0.15) is 0 Å². The molecule has 0 aliphatic carbocycles. The van der Waals surface area contributed by atoms with Gasteiger partial charge in [-0.25, -0.2) is 4.98 Å². The van der Waals surface area contributed by atoms with Gasteiger partial charge in [-0.05, 0) is 25.0 Å². The van der Waals surface area contributed by atoms with Gasteiger partial charge in [0.1, 0.15) is 6.10 Å². The van der Waals surface area contributed by atoms with E-state index in [1.165, 1.54) is 35.6 Å². The zero-order chi connectivity index (χ0) is 19.7. The Morgan fingerprint density at radius 3 is 2.79 bits per heavy atom. The topological polar surface area (TPSA) is 115 Å². The Bertz CT molecular complexity index is 921. The number of hydrogen-bond acceptors (Lipinski definition) is 7. The molecule has 0 radical (unpaired) electrons. The Morgan fingerprint density at radius 1 is 1.32 bits per heavy atom. The molecule has 3 heterocycles. The van der Waals surface area contributed by atoms with Crippen molar-refractivity contribution in [1.29, 1.82) is 0 Å². The van der Waals surface area contributed by atoms with Gasteiger partial charge in [0.2, 0.25) is 0 Å². The number of hydrogen-bond donors (Lipinski definition) is 1. The van der Waals surface area contributed by atoms with Crippen molar-refractivity contribution in [1.82, 2.24) is 9.88 Å². The Kier molecular flexibility index (Phi) is 5.05. The van der Waals surface area contributed by atoms with Crippen LogP contribution in [0.15, 0.2) is 24.3 Å². The summed E-state index contributed by atoms with van der Waals surface area (Å²) in [5.74, 6) is -0.360. The number of nitrogens with one attached hydrogen (secondary N) is 1. The van der Waals surface area contributed by atoms with E-state index in [1.54, 1.807) is 4.90 Å². The highest BCUT2D eigenvalue weighted by molar-refractivity contribution is 7.15. The first kappa shape index (κ1) is 18.5. The summed E-state index contributed by atoms with van der Waals surface area (Å²) in [5, 5.41) is 14.1. The molecule has 146 valence electrons. The van der Waals surface area contributed by atoms with Crippen molar-refractivity contribution in [3.63, 3.8) is 0 Å². The summed E-state index contributed by atoms with van der Waals surface area (Å²) < 4.78 is 5.38. The largest absolute Gasteiger partial charge is 0.368 e. The van der Waals surface area contributed by atoms with Crippen molar-refractivity contribution in [3.8, 4) is 0 Å². The van der Waals surface area contributed by atoms with Crippen LogP contribution in [-0.2, 0) is 22.5 Å². The molecule has 9 nitrogen and oxygen atoms in total. The van der Waals surface area contributed by atoms with E-state index >= 15 is 0 Å². The molecule has 2 aliphatic rings. The highest BCUT2D eigenvalue weighted by Gasteiger charge is 2.28. The lowest BCUT2D eigenvalue weighted by Gasteiger charge is -2.26. The fraction of sp³-hybridized carbons (Fsp3) is 0.389. The third kappa shape index (κ3) is 3.73. The number of carbonyl (C=O) groups is 2. The second kappa shape index (κ2) is 7.64. The van der Waals surface area contributed by atoms with Crippen LogP contribution >= 0.6 is 11.3 Å². The number of aromatic nitrogens is 1. The fourth-order valence-electron chi connectivity index (χ4n) is 3.30. The molecule has 1 N–H and O–H groups in total. The molecule has 10 heteroatoms. The first-order valence-electron chi connectivity index (χ1n) is 8.96. The second-order valence-corrected chi connectivity index (χ2v) is 7.74. The van der Waals surface area contributed by atoms with E-state index in [-0.39, 0.29) is 17.5 Å². The zero-order valence-corrected chi connectivity index (χ0v) is 15.7. The average molecular weight is 402 g/mol. The van der Waals surface area contributed by atoms with E-state index in [9.17, 15) is 19.7 Å². The lowest BCUT2D eigenvalue weighted by atomic mass is 10.1. The molecule has 1 atom stereocenters. The minimum absolute atomic E-state index is 0.0495. The van der Waals surface area contributed by atoms with Gasteiger partial charge in [0.25, 0.3) is 17.5 Å². The molecule has 1 fully saturated rings. The summed E-state index contributed by atoms with van der Waals surface area (Å²) in [6, 6.07) is 5.59. The molecule has 2 aliphatic heterocycles. The predicted molar refractivity (Wildman–Crippen MR) is 101 cm³/mol. The standard InChI is InChI=1S/C18H18N4O5S/c23-16(14-2-1-9-27-14)20-18-19-13-7-8-21(10-15(13)28-18)17(24)11-3-5-12(6-4-11)22(25)26/h3-6,14H,1-2,7-10H2,(H,19,20,23). The van der Waals surface area contributed by atoms with Crippen LogP contribution in [0.3, 0.4) is 0 Å². The SMILES string of the molecule is O=C(Nc1nc2c(s1)CN(C(=O)c1ccc([N+](=O)[O-])cc1)CC2)C1CCCO1. The molecule has 2 amide bonds. The molecule has 28 heavy (non-hydrogen) atoms. The van der Waals surface area contributed by atoms with Crippen molar-refractivity contribution in [2.45, 2.75) is 31.9 Å². The van der Waals surface area contributed by atoms with Gasteiger partial charge < -0.3 is 9.64 Å². The van der Waals surface area contributed by atoms with Crippen molar-refractivity contribution in [2.24, 2.45) is 0 Å². The third-order valence-electron chi connectivity index (χ3n) is 4.80. The van der Waals surface area contributed by atoms with Gasteiger partial charge in [0, 0.05) is 42.1 Å². The van der Waals surface area contributed by atoms with E-state index < -0.39 is 11.0 Å². The average Bonchev–Trinajstić information content (AvgIpc) is 3.36. The number of non-ortho nitro benzene ring substituents is 1. The first-order chi connectivity index (χ1) is 13.5. The van der Waals surface area contributed by atoms with E-state index in [4.69, 9.17) is 4.74 Å². The summed E-state index contributed by atoms with van der Waals surface area (Å²) >= 11 is 1.36. The summed E-state index contributed by atoms with van der Waals surface area (Å²) in [4.78, 5) is 42.2. The molecule has 1 unspecified atom stereocenters. The lowest BCUT2D eigenvalue weighted by molar-refractivity contribution is -0.384. The molecular formula is C18H18N4O5S. The Balaban J connectivity index is 1.42. The number of thiazole rings is 1. The molecular weight excluding hydrogens is 384 g/mol. The zero-order valence-electron chi connectivity index (χ0n) is 14.9. The van der Waals surface area contributed by atoms with Crippen molar-refractivity contribution < 1.29 is 19.2 Å².